The van der Waals surface area contributed by atoms with Gasteiger partial charge in [0.05, 0.1) is 0 Å². The fourth-order valence-electron chi connectivity index (χ4n) is 13.3. The van der Waals surface area contributed by atoms with Gasteiger partial charge in [-0.1, -0.05) is 83.5 Å². The lowest BCUT2D eigenvalue weighted by molar-refractivity contribution is -0.278. The second kappa shape index (κ2) is 9.95. The molecule has 0 heterocycles. The van der Waals surface area contributed by atoms with Crippen LogP contribution in [0.2, 0.25) is 0 Å². The van der Waals surface area contributed by atoms with E-state index in [2.05, 4.69) is 0 Å². The summed E-state index contributed by atoms with van der Waals surface area (Å²) in [6, 6.07) is 0. The zero-order chi connectivity index (χ0) is 23.3. The molecule has 198 valence electrons. The Morgan fingerprint density at radius 1 is 0.286 bits per heavy atom. The molecule has 0 spiro atoms. The predicted molar refractivity (Wildman–Crippen MR) is 148 cm³/mol. The smallest absolute Gasteiger partial charge is 0.0145 e. The van der Waals surface area contributed by atoms with Gasteiger partial charge in [-0.15, -0.1) is 0 Å². The van der Waals surface area contributed by atoms with Crippen LogP contribution in [-0.2, 0) is 0 Å². The van der Waals surface area contributed by atoms with Crippen molar-refractivity contribution in [2.45, 2.75) is 161 Å². The Labute approximate surface area is 218 Å². The molecule has 35 heavy (non-hydrogen) atoms. The topological polar surface area (TPSA) is 0 Å². The second-order valence-corrected chi connectivity index (χ2v) is 15.3. The molecule has 0 bridgehead atoms. The molecule has 0 amide bonds. The third kappa shape index (κ3) is 3.70. The number of fused-ring (bicyclic) bond motifs is 1. The molecule has 5 atom stereocenters. The molecule has 7 fully saturated rings. The van der Waals surface area contributed by atoms with Crippen molar-refractivity contribution in [3.63, 3.8) is 0 Å². The molecule has 0 aromatic carbocycles. The summed E-state index contributed by atoms with van der Waals surface area (Å²) in [5.74, 6) is 8.98. The average Bonchev–Trinajstić information content (AvgIpc) is 3.63. The highest BCUT2D eigenvalue weighted by Crippen LogP contribution is 2.80. The van der Waals surface area contributed by atoms with Gasteiger partial charge >= 0.3 is 0 Å². The lowest BCUT2D eigenvalue weighted by Gasteiger charge is -2.75. The second-order valence-electron chi connectivity index (χ2n) is 15.3. The summed E-state index contributed by atoms with van der Waals surface area (Å²) in [6.45, 7) is 0. The summed E-state index contributed by atoms with van der Waals surface area (Å²) in [6.07, 6.45) is 40.2. The Kier molecular flexibility index (Phi) is 6.84. The quantitative estimate of drug-likeness (QED) is 0.345. The molecule has 7 rings (SSSR count). The summed E-state index contributed by atoms with van der Waals surface area (Å²) in [5.41, 5.74) is 1.51. The highest BCUT2D eigenvalue weighted by molar-refractivity contribution is 5.21. The van der Waals surface area contributed by atoms with Crippen molar-refractivity contribution in [3.05, 3.63) is 0 Å². The van der Waals surface area contributed by atoms with Gasteiger partial charge in [0.2, 0.25) is 0 Å². The minimum atomic E-state index is 0.748. The van der Waals surface area contributed by atoms with Crippen molar-refractivity contribution >= 4 is 0 Å². The van der Waals surface area contributed by atoms with Crippen molar-refractivity contribution in [3.8, 4) is 0 Å². The third-order valence-corrected chi connectivity index (χ3v) is 14.3. The minimum absolute atomic E-state index is 0.748. The van der Waals surface area contributed by atoms with Crippen molar-refractivity contribution in [2.75, 3.05) is 0 Å². The molecule has 7 aliphatic rings. The number of rotatable bonds is 5. The highest BCUT2D eigenvalue weighted by Gasteiger charge is 2.73. The zero-order valence-corrected chi connectivity index (χ0v) is 23.3. The first kappa shape index (κ1) is 24.1. The molecule has 0 nitrogen and oxygen atoms in total. The molecule has 7 saturated carbocycles. The van der Waals surface area contributed by atoms with E-state index in [0.29, 0.717) is 0 Å². The van der Waals surface area contributed by atoms with Crippen LogP contribution in [0.1, 0.15) is 161 Å². The van der Waals surface area contributed by atoms with E-state index in [1.54, 1.807) is 161 Å². The minimum Gasteiger partial charge on any atom is -0.0533 e. The van der Waals surface area contributed by atoms with Gasteiger partial charge in [0.1, 0.15) is 0 Å². The fraction of sp³-hybridized carbons (Fsp3) is 1.00. The van der Waals surface area contributed by atoms with E-state index in [0.717, 1.165) is 58.2 Å². The summed E-state index contributed by atoms with van der Waals surface area (Å²) < 4.78 is 0. The van der Waals surface area contributed by atoms with E-state index in [9.17, 15) is 0 Å². The third-order valence-electron chi connectivity index (χ3n) is 14.3. The predicted octanol–water partition coefficient (Wildman–Crippen LogP) is 10.7. The van der Waals surface area contributed by atoms with Gasteiger partial charge in [-0.25, -0.2) is 0 Å². The van der Waals surface area contributed by atoms with Gasteiger partial charge in [0.25, 0.3) is 0 Å². The summed E-state index contributed by atoms with van der Waals surface area (Å²) in [5, 5.41) is 0. The Morgan fingerprint density at radius 3 is 1.17 bits per heavy atom. The summed E-state index contributed by atoms with van der Waals surface area (Å²) in [4.78, 5) is 0. The van der Waals surface area contributed by atoms with Gasteiger partial charge in [-0.2, -0.15) is 0 Å². The van der Waals surface area contributed by atoms with Crippen LogP contribution in [0, 0.1) is 58.2 Å². The van der Waals surface area contributed by atoms with Gasteiger partial charge < -0.3 is 0 Å². The van der Waals surface area contributed by atoms with E-state index < -0.39 is 0 Å². The van der Waals surface area contributed by atoms with E-state index in [4.69, 9.17) is 0 Å². The fourth-order valence-corrected chi connectivity index (χ4v) is 13.3. The summed E-state index contributed by atoms with van der Waals surface area (Å²) in [7, 11) is 0. The van der Waals surface area contributed by atoms with Crippen LogP contribution in [0.4, 0.5) is 0 Å². The van der Waals surface area contributed by atoms with Crippen LogP contribution < -0.4 is 0 Å². The number of hydrogen-bond donors (Lipinski definition) is 0. The maximum absolute atomic E-state index is 1.70. The molecule has 0 aromatic heterocycles. The van der Waals surface area contributed by atoms with Crippen LogP contribution in [-0.4, -0.2) is 0 Å². The van der Waals surface area contributed by atoms with Gasteiger partial charge in [-0.05, 0) is 135 Å². The van der Waals surface area contributed by atoms with Crippen LogP contribution in [0.5, 0.6) is 0 Å². The first-order valence-electron chi connectivity index (χ1n) is 17.4. The Morgan fingerprint density at radius 2 is 0.686 bits per heavy atom. The van der Waals surface area contributed by atoms with E-state index >= 15 is 0 Å². The van der Waals surface area contributed by atoms with Crippen LogP contribution in [0.25, 0.3) is 0 Å². The Hall–Kier alpha value is 0. The van der Waals surface area contributed by atoms with Gasteiger partial charge in [-0.3, -0.25) is 0 Å². The molecule has 7 aliphatic carbocycles. The Balaban J connectivity index is 1.47. The van der Waals surface area contributed by atoms with E-state index in [-0.39, 0.29) is 0 Å². The maximum atomic E-state index is 1.70. The monoisotopic (exact) mass is 478 g/mol. The first-order valence-corrected chi connectivity index (χ1v) is 17.4. The highest BCUT2D eigenvalue weighted by atomic mass is 14.8. The normalized spacial score (nSPS) is 45.1. The molecule has 5 unspecified atom stereocenters. The SMILES string of the molecule is C1CCCC(C2(C3CCCC3)C3CCCCC3CC(C3CC3)C2(C2CCCCC2)C2CCC2)CC1. The van der Waals surface area contributed by atoms with Crippen LogP contribution >= 0.6 is 0 Å². The molecule has 0 aromatic rings. The molecule has 0 saturated heterocycles. The number of hydrogen-bond acceptors (Lipinski definition) is 0. The standard InChI is InChI=1S/C35H58/c1-2-5-15-28(14-4-1)34(29-18-9-10-19-29)32-22-11-8-13-27(32)25-33(26-23-24-26)35(34,31-20-12-21-31)30-16-6-3-7-17-30/h26-33H,1-25H2. The zero-order valence-electron chi connectivity index (χ0n) is 23.3. The molecular formula is C35H58. The van der Waals surface area contributed by atoms with Crippen molar-refractivity contribution < 1.29 is 0 Å². The van der Waals surface area contributed by atoms with Crippen LogP contribution in [0.3, 0.4) is 0 Å². The summed E-state index contributed by atoms with van der Waals surface area (Å²) >= 11 is 0. The lowest BCUT2D eigenvalue weighted by atomic mass is 9.29. The van der Waals surface area contributed by atoms with Crippen molar-refractivity contribution in [1.29, 1.82) is 0 Å². The molecule has 0 radical (unpaired) electrons. The van der Waals surface area contributed by atoms with Gasteiger partial charge in [0.15, 0.2) is 0 Å². The maximum Gasteiger partial charge on any atom is -0.0145 e. The molecule has 0 aliphatic heterocycles. The molecular weight excluding hydrogens is 420 g/mol. The molecule has 0 N–H and O–H groups in total. The first-order chi connectivity index (χ1) is 17.4. The lowest BCUT2D eigenvalue weighted by Crippen LogP contribution is -2.70. The van der Waals surface area contributed by atoms with E-state index in [1.807, 2.05) is 0 Å². The van der Waals surface area contributed by atoms with Crippen molar-refractivity contribution in [2.24, 2.45) is 58.2 Å². The van der Waals surface area contributed by atoms with E-state index in [1.165, 1.54) is 0 Å². The van der Waals surface area contributed by atoms with Crippen molar-refractivity contribution in [1.82, 2.24) is 0 Å². The van der Waals surface area contributed by atoms with Gasteiger partial charge in [0, 0.05) is 0 Å². The molecule has 0 heteroatoms. The average molecular weight is 479 g/mol. The van der Waals surface area contributed by atoms with Crippen LogP contribution in [0.15, 0.2) is 0 Å². The Bertz CT molecular complexity index is 696. The largest absolute Gasteiger partial charge is 0.0533 e.